The van der Waals surface area contributed by atoms with Gasteiger partial charge in [-0.1, -0.05) is 60.3 Å². The van der Waals surface area contributed by atoms with Crippen molar-refractivity contribution in [3.8, 4) is 0 Å². The second-order valence-corrected chi connectivity index (χ2v) is 8.54. The second-order valence-electron chi connectivity index (χ2n) is 7.69. The number of amides is 2. The van der Waals surface area contributed by atoms with E-state index < -0.39 is 11.9 Å². The first-order valence-electron chi connectivity index (χ1n) is 10.1. The molecule has 1 unspecified atom stereocenters. The molecule has 1 fully saturated rings. The maximum Gasteiger partial charge on any atom is 0.242 e. The highest BCUT2D eigenvalue weighted by atomic mass is 35.5. The summed E-state index contributed by atoms with van der Waals surface area (Å²) in [5, 5.41) is 3.88. The van der Waals surface area contributed by atoms with Gasteiger partial charge in [0.25, 0.3) is 0 Å². The van der Waals surface area contributed by atoms with Gasteiger partial charge in [-0.05, 0) is 43.5 Å². The minimum atomic E-state index is -0.746. The summed E-state index contributed by atoms with van der Waals surface area (Å²) >= 11 is 12.2. The lowest BCUT2D eigenvalue weighted by molar-refractivity contribution is -0.140. The third kappa shape index (κ3) is 5.73. The van der Waals surface area contributed by atoms with Crippen LogP contribution in [0.3, 0.4) is 0 Å². The van der Waals surface area contributed by atoms with Crippen molar-refractivity contribution in [3.05, 3.63) is 69.5 Å². The number of nitrogens with zero attached hydrogens (tertiary/aromatic N) is 1. The van der Waals surface area contributed by atoms with E-state index in [1.54, 1.807) is 43.3 Å². The van der Waals surface area contributed by atoms with Gasteiger partial charge in [0.2, 0.25) is 11.8 Å². The fourth-order valence-corrected chi connectivity index (χ4v) is 4.19. The zero-order valence-electron chi connectivity index (χ0n) is 16.8. The Bertz CT molecular complexity index is 916. The summed E-state index contributed by atoms with van der Waals surface area (Å²) in [5.41, 5.74) is 0.960. The molecule has 2 amide bonds. The summed E-state index contributed by atoms with van der Waals surface area (Å²) in [5.74, 6) is -0.950. The lowest BCUT2D eigenvalue weighted by Crippen LogP contribution is -2.50. The molecule has 30 heavy (non-hydrogen) atoms. The van der Waals surface area contributed by atoms with Crippen molar-refractivity contribution in [3.63, 3.8) is 0 Å². The van der Waals surface area contributed by atoms with Crippen molar-refractivity contribution >= 4 is 35.0 Å². The Balaban J connectivity index is 1.81. The van der Waals surface area contributed by atoms with Crippen molar-refractivity contribution in [2.45, 2.75) is 57.7 Å². The summed E-state index contributed by atoms with van der Waals surface area (Å²) in [6.45, 7) is 1.67. The average Bonchev–Trinajstić information content (AvgIpc) is 3.22. The Morgan fingerprint density at radius 1 is 1.13 bits per heavy atom. The van der Waals surface area contributed by atoms with Gasteiger partial charge in [-0.25, -0.2) is 4.39 Å². The number of carbonyl (C=O) groups excluding carboxylic acids is 2. The van der Waals surface area contributed by atoms with Gasteiger partial charge in [0.1, 0.15) is 11.9 Å². The van der Waals surface area contributed by atoms with Crippen LogP contribution in [0, 0.1) is 5.82 Å². The SMILES string of the molecule is CC(C(=O)NC1CCCC1)N(Cc1ccccc1F)C(=O)Cc1ccc(Cl)cc1Cl. The summed E-state index contributed by atoms with van der Waals surface area (Å²) in [6.07, 6.45) is 4.06. The van der Waals surface area contributed by atoms with Gasteiger partial charge < -0.3 is 10.2 Å². The predicted molar refractivity (Wildman–Crippen MR) is 117 cm³/mol. The Kier molecular flexibility index (Phi) is 7.73. The molecule has 160 valence electrons. The first-order valence-corrected chi connectivity index (χ1v) is 10.9. The van der Waals surface area contributed by atoms with E-state index in [9.17, 15) is 14.0 Å². The molecule has 2 aromatic rings. The maximum atomic E-state index is 14.3. The van der Waals surface area contributed by atoms with Crippen LogP contribution in [0.25, 0.3) is 0 Å². The van der Waals surface area contributed by atoms with Crippen LogP contribution in [0.15, 0.2) is 42.5 Å². The molecule has 1 aliphatic carbocycles. The standard InChI is InChI=1S/C23H25Cl2FN2O2/c1-15(23(30)27-19-7-3-4-8-19)28(14-17-6-2-5-9-21(17)26)22(29)12-16-10-11-18(24)13-20(16)25/h2,5-6,9-11,13,15,19H,3-4,7-8,12,14H2,1H3,(H,27,30). The molecule has 0 bridgehead atoms. The molecule has 0 radical (unpaired) electrons. The largest absolute Gasteiger partial charge is 0.352 e. The normalized spacial score (nSPS) is 15.1. The molecule has 4 nitrogen and oxygen atoms in total. The van der Waals surface area contributed by atoms with Crippen LogP contribution in [-0.4, -0.2) is 28.8 Å². The molecule has 0 aliphatic heterocycles. The summed E-state index contributed by atoms with van der Waals surface area (Å²) < 4.78 is 14.3. The van der Waals surface area contributed by atoms with Crippen LogP contribution in [-0.2, 0) is 22.6 Å². The summed E-state index contributed by atoms with van der Waals surface area (Å²) in [4.78, 5) is 27.4. The Morgan fingerprint density at radius 2 is 1.83 bits per heavy atom. The fourth-order valence-electron chi connectivity index (χ4n) is 3.71. The highest BCUT2D eigenvalue weighted by Gasteiger charge is 2.29. The van der Waals surface area contributed by atoms with E-state index in [0.717, 1.165) is 25.7 Å². The quantitative estimate of drug-likeness (QED) is 0.633. The first kappa shape index (κ1) is 22.6. The van der Waals surface area contributed by atoms with Crippen molar-refractivity contribution in [1.82, 2.24) is 10.2 Å². The molecule has 1 atom stereocenters. The minimum absolute atomic E-state index is 0.00400. The highest BCUT2D eigenvalue weighted by Crippen LogP contribution is 2.23. The molecule has 2 aromatic carbocycles. The van der Waals surface area contributed by atoms with E-state index in [4.69, 9.17) is 23.2 Å². The van der Waals surface area contributed by atoms with Crippen LogP contribution < -0.4 is 5.32 Å². The molecule has 1 aliphatic rings. The molecule has 3 rings (SSSR count). The lowest BCUT2D eigenvalue weighted by atomic mass is 10.1. The van der Waals surface area contributed by atoms with E-state index >= 15 is 0 Å². The van der Waals surface area contributed by atoms with Crippen LogP contribution in [0.5, 0.6) is 0 Å². The van der Waals surface area contributed by atoms with Crippen LogP contribution in [0.4, 0.5) is 4.39 Å². The van der Waals surface area contributed by atoms with Crippen molar-refractivity contribution in [2.75, 3.05) is 0 Å². The molecule has 0 saturated heterocycles. The van der Waals surface area contributed by atoms with Crippen molar-refractivity contribution in [2.24, 2.45) is 0 Å². The molecular formula is C23H25Cl2FN2O2. The Hall–Kier alpha value is -2.11. The smallest absolute Gasteiger partial charge is 0.242 e. The van der Waals surface area contributed by atoms with Gasteiger partial charge in [0.05, 0.1) is 6.42 Å². The molecule has 1 saturated carbocycles. The van der Waals surface area contributed by atoms with E-state index in [0.29, 0.717) is 21.2 Å². The maximum absolute atomic E-state index is 14.3. The lowest BCUT2D eigenvalue weighted by Gasteiger charge is -2.30. The monoisotopic (exact) mass is 450 g/mol. The second kappa shape index (κ2) is 10.3. The zero-order chi connectivity index (χ0) is 21.7. The minimum Gasteiger partial charge on any atom is -0.352 e. The number of hydrogen-bond donors (Lipinski definition) is 1. The number of nitrogens with one attached hydrogen (secondary N) is 1. The topological polar surface area (TPSA) is 49.4 Å². The van der Waals surface area contributed by atoms with E-state index in [-0.39, 0.29) is 30.8 Å². The zero-order valence-corrected chi connectivity index (χ0v) is 18.3. The molecule has 0 heterocycles. The Morgan fingerprint density at radius 3 is 2.50 bits per heavy atom. The number of hydrogen-bond acceptors (Lipinski definition) is 2. The third-order valence-electron chi connectivity index (χ3n) is 5.52. The van der Waals surface area contributed by atoms with Gasteiger partial charge in [0.15, 0.2) is 0 Å². The van der Waals surface area contributed by atoms with Crippen molar-refractivity contribution in [1.29, 1.82) is 0 Å². The number of rotatable bonds is 7. The third-order valence-corrected chi connectivity index (χ3v) is 6.11. The van der Waals surface area contributed by atoms with Crippen molar-refractivity contribution < 1.29 is 14.0 Å². The molecule has 7 heteroatoms. The van der Waals surface area contributed by atoms with Crippen LogP contribution in [0.2, 0.25) is 10.0 Å². The summed E-state index contributed by atoms with van der Waals surface area (Å²) in [6, 6.07) is 10.6. The molecule has 1 N–H and O–H groups in total. The van der Waals surface area contributed by atoms with Gasteiger partial charge >= 0.3 is 0 Å². The van der Waals surface area contributed by atoms with Gasteiger partial charge in [0, 0.05) is 28.2 Å². The van der Waals surface area contributed by atoms with Gasteiger partial charge in [-0.3, -0.25) is 9.59 Å². The number of benzene rings is 2. The van der Waals surface area contributed by atoms with E-state index in [1.165, 1.54) is 11.0 Å². The molecular weight excluding hydrogens is 426 g/mol. The number of carbonyl (C=O) groups is 2. The van der Waals surface area contributed by atoms with Crippen LogP contribution >= 0.6 is 23.2 Å². The van der Waals surface area contributed by atoms with Gasteiger partial charge in [-0.2, -0.15) is 0 Å². The molecule has 0 aromatic heterocycles. The first-order chi connectivity index (χ1) is 14.3. The highest BCUT2D eigenvalue weighted by molar-refractivity contribution is 6.35. The number of halogens is 3. The average molecular weight is 451 g/mol. The summed E-state index contributed by atoms with van der Waals surface area (Å²) in [7, 11) is 0. The molecule has 0 spiro atoms. The Labute approximate surface area is 186 Å². The van der Waals surface area contributed by atoms with Gasteiger partial charge in [-0.15, -0.1) is 0 Å². The van der Waals surface area contributed by atoms with Crippen LogP contribution in [0.1, 0.15) is 43.7 Å². The van der Waals surface area contributed by atoms with E-state index in [1.807, 2.05) is 0 Å². The van der Waals surface area contributed by atoms with E-state index in [2.05, 4.69) is 5.32 Å². The predicted octanol–water partition coefficient (Wildman–Crippen LogP) is 5.15. The fraction of sp³-hybridized carbons (Fsp3) is 0.391.